The highest BCUT2D eigenvalue weighted by molar-refractivity contribution is 6.39. The summed E-state index contributed by atoms with van der Waals surface area (Å²) in [5, 5.41) is 13.0. The van der Waals surface area contributed by atoms with Crippen molar-refractivity contribution in [2.45, 2.75) is 32.0 Å². The van der Waals surface area contributed by atoms with Gasteiger partial charge in [0.05, 0.1) is 40.8 Å². The van der Waals surface area contributed by atoms with Crippen molar-refractivity contribution in [1.82, 2.24) is 30.9 Å². The number of rotatable bonds is 14. The van der Waals surface area contributed by atoms with E-state index < -0.39 is 5.91 Å². The number of amides is 2. The summed E-state index contributed by atoms with van der Waals surface area (Å²) in [5.74, 6) is 0.148. The van der Waals surface area contributed by atoms with E-state index in [1.807, 2.05) is 18.2 Å². The van der Waals surface area contributed by atoms with Crippen molar-refractivity contribution in [2.75, 3.05) is 39.2 Å². The van der Waals surface area contributed by atoms with E-state index in [1.54, 1.807) is 56.9 Å². The second-order valence-electron chi connectivity index (χ2n) is 10.7. The monoisotopic (exact) mass is 663 g/mol. The van der Waals surface area contributed by atoms with Crippen molar-refractivity contribution in [3.05, 3.63) is 87.8 Å². The molecule has 3 aromatic heterocycles. The molecule has 1 aromatic carbocycles. The van der Waals surface area contributed by atoms with Crippen LogP contribution >= 0.6 is 23.2 Å². The molecule has 0 spiro atoms. The average molecular weight is 665 g/mol. The molecule has 13 heteroatoms. The Morgan fingerprint density at radius 3 is 2.61 bits per heavy atom. The molecule has 1 aliphatic heterocycles. The number of benzene rings is 1. The van der Waals surface area contributed by atoms with E-state index in [2.05, 4.69) is 31.2 Å². The summed E-state index contributed by atoms with van der Waals surface area (Å²) in [5.41, 5.74) is 4.69. The zero-order valence-corrected chi connectivity index (χ0v) is 27.0. The van der Waals surface area contributed by atoms with Crippen LogP contribution in [-0.2, 0) is 22.6 Å². The molecular weight excluding hydrogens is 629 g/mol. The van der Waals surface area contributed by atoms with Crippen LogP contribution in [0.5, 0.6) is 5.88 Å². The molecule has 0 radical (unpaired) electrons. The second-order valence-corrected chi connectivity index (χ2v) is 11.4. The largest absolute Gasteiger partial charge is 0.481 e. The molecular formula is C33H35Cl2N7O4. The summed E-state index contributed by atoms with van der Waals surface area (Å²) in [6.07, 6.45) is 4.67. The first-order chi connectivity index (χ1) is 22.4. The summed E-state index contributed by atoms with van der Waals surface area (Å²) < 4.78 is 10.6. The van der Waals surface area contributed by atoms with Gasteiger partial charge in [0.15, 0.2) is 0 Å². The van der Waals surface area contributed by atoms with Gasteiger partial charge in [0.25, 0.3) is 5.91 Å². The molecule has 1 fully saturated rings. The Kier molecular flexibility index (Phi) is 11.5. The highest BCUT2D eigenvalue weighted by atomic mass is 35.5. The quantitative estimate of drug-likeness (QED) is 0.139. The van der Waals surface area contributed by atoms with Crippen molar-refractivity contribution >= 4 is 40.7 Å². The number of nitrogens with zero attached hydrogens (tertiary/aromatic N) is 3. The Labute approximate surface area is 277 Å². The van der Waals surface area contributed by atoms with Gasteiger partial charge < -0.3 is 30.7 Å². The van der Waals surface area contributed by atoms with Crippen LogP contribution in [-0.4, -0.2) is 66.7 Å². The van der Waals surface area contributed by atoms with E-state index in [4.69, 9.17) is 37.7 Å². The predicted octanol–water partition coefficient (Wildman–Crippen LogP) is 4.88. The molecule has 4 aromatic rings. The number of hydrogen-bond donors (Lipinski definition) is 4. The van der Waals surface area contributed by atoms with Crippen molar-refractivity contribution in [3.8, 4) is 28.4 Å². The molecule has 4 N–H and O–H groups in total. The number of halogens is 2. The van der Waals surface area contributed by atoms with Crippen LogP contribution in [0.3, 0.4) is 0 Å². The second kappa shape index (κ2) is 15.9. The van der Waals surface area contributed by atoms with Crippen LogP contribution in [0.15, 0.2) is 60.9 Å². The maximum Gasteiger partial charge on any atom is 0.274 e. The summed E-state index contributed by atoms with van der Waals surface area (Å²) in [7, 11) is 3.22. The highest BCUT2D eigenvalue weighted by Gasteiger charge is 2.21. The minimum absolute atomic E-state index is 0.0862. The molecule has 5 rings (SSSR count). The van der Waals surface area contributed by atoms with Gasteiger partial charge in [-0.25, -0.2) is 4.98 Å². The first kappa shape index (κ1) is 33.2. The molecule has 0 saturated carbocycles. The van der Waals surface area contributed by atoms with Crippen LogP contribution in [0.4, 0.5) is 5.69 Å². The predicted molar refractivity (Wildman–Crippen MR) is 178 cm³/mol. The number of ether oxygens (including phenoxy) is 2. The number of hydrogen-bond acceptors (Lipinski definition) is 9. The van der Waals surface area contributed by atoms with Gasteiger partial charge in [-0.05, 0) is 36.2 Å². The molecule has 1 atom stereocenters. The number of aromatic nitrogens is 3. The average Bonchev–Trinajstić information content (AvgIpc) is 3.49. The lowest BCUT2D eigenvalue weighted by Gasteiger charge is -2.15. The standard InChI is InChI=1S/C33H35Cl2N7O4/c1-45-15-14-36-16-20-6-9-27(39-17-20)32(44)41-26-5-3-4-24(29(26)34)31-30(35)23(12-13-38-31)25-10-7-21(33(42-25)46-2)18-37-19-22-8-11-28(43)40-22/h3-7,9-10,12-13,17,22,36-37H,8,11,14-16,18-19H2,1-2H3,(H,40,43)(H,41,44)/t22-/m0/s1. The van der Waals surface area contributed by atoms with Crippen molar-refractivity contribution in [2.24, 2.45) is 0 Å². The zero-order valence-electron chi connectivity index (χ0n) is 25.5. The highest BCUT2D eigenvalue weighted by Crippen LogP contribution is 2.40. The molecule has 11 nitrogen and oxygen atoms in total. The van der Waals surface area contributed by atoms with Gasteiger partial charge in [0.2, 0.25) is 11.8 Å². The van der Waals surface area contributed by atoms with Crippen molar-refractivity contribution in [3.63, 3.8) is 0 Å². The van der Waals surface area contributed by atoms with Gasteiger partial charge in [-0.3, -0.25) is 19.6 Å². The van der Waals surface area contributed by atoms with E-state index in [1.165, 1.54) is 0 Å². The lowest BCUT2D eigenvalue weighted by atomic mass is 10.1. The number of anilines is 1. The first-order valence-corrected chi connectivity index (χ1v) is 15.6. The topological polar surface area (TPSA) is 139 Å². The van der Waals surface area contributed by atoms with Gasteiger partial charge in [-0.2, -0.15) is 0 Å². The number of carbonyl (C=O) groups is 2. The molecule has 0 bridgehead atoms. The van der Waals surface area contributed by atoms with Gasteiger partial charge in [-0.15, -0.1) is 0 Å². The Hall–Kier alpha value is -4.13. The fraction of sp³-hybridized carbons (Fsp3) is 0.303. The normalized spacial score (nSPS) is 14.3. The minimum atomic E-state index is -0.399. The number of methoxy groups -OCH3 is 2. The third kappa shape index (κ3) is 8.17. The van der Waals surface area contributed by atoms with Gasteiger partial charge in [0, 0.05) is 74.8 Å². The fourth-order valence-corrected chi connectivity index (χ4v) is 5.61. The van der Waals surface area contributed by atoms with Gasteiger partial charge >= 0.3 is 0 Å². The van der Waals surface area contributed by atoms with Crippen LogP contribution < -0.4 is 26.0 Å². The lowest BCUT2D eigenvalue weighted by Crippen LogP contribution is -2.35. The Balaban J connectivity index is 1.30. The molecule has 2 amide bonds. The van der Waals surface area contributed by atoms with E-state index in [0.717, 1.165) is 17.5 Å². The Morgan fingerprint density at radius 1 is 1.00 bits per heavy atom. The summed E-state index contributed by atoms with van der Waals surface area (Å²) in [4.78, 5) is 38.0. The third-order valence-electron chi connectivity index (χ3n) is 7.46. The molecule has 0 unspecified atom stereocenters. The van der Waals surface area contributed by atoms with Crippen molar-refractivity contribution < 1.29 is 19.1 Å². The summed E-state index contributed by atoms with van der Waals surface area (Å²) >= 11 is 13.7. The molecule has 46 heavy (non-hydrogen) atoms. The third-order valence-corrected chi connectivity index (χ3v) is 8.25. The van der Waals surface area contributed by atoms with E-state index in [9.17, 15) is 9.59 Å². The zero-order chi connectivity index (χ0) is 32.5. The maximum atomic E-state index is 13.0. The molecule has 4 heterocycles. The molecule has 0 aliphatic carbocycles. The van der Waals surface area contributed by atoms with Gasteiger partial charge in [0.1, 0.15) is 5.69 Å². The SMILES string of the molecule is COCCNCc1ccc(C(=O)Nc2cccc(-c3nccc(-c4ccc(CNC[C@@H]5CCC(=O)N5)c(OC)n4)c3Cl)c2Cl)nc1. The number of pyridine rings is 3. The minimum Gasteiger partial charge on any atom is -0.481 e. The van der Waals surface area contributed by atoms with E-state index >= 15 is 0 Å². The van der Waals surface area contributed by atoms with E-state index in [0.29, 0.717) is 78.3 Å². The van der Waals surface area contributed by atoms with Crippen LogP contribution in [0, 0.1) is 0 Å². The van der Waals surface area contributed by atoms with Crippen molar-refractivity contribution in [1.29, 1.82) is 0 Å². The van der Waals surface area contributed by atoms with Gasteiger partial charge in [-0.1, -0.05) is 47.5 Å². The van der Waals surface area contributed by atoms with Crippen LogP contribution in [0.1, 0.15) is 34.5 Å². The van der Waals surface area contributed by atoms with Crippen LogP contribution in [0.25, 0.3) is 22.5 Å². The molecule has 1 saturated heterocycles. The first-order valence-electron chi connectivity index (χ1n) is 14.8. The molecule has 1 aliphatic rings. The Morgan fingerprint density at radius 2 is 1.87 bits per heavy atom. The van der Waals surface area contributed by atoms with Crippen LogP contribution in [0.2, 0.25) is 10.0 Å². The fourth-order valence-electron chi connectivity index (χ4n) is 5.04. The maximum absolute atomic E-state index is 13.0. The summed E-state index contributed by atoms with van der Waals surface area (Å²) in [6.45, 7) is 3.13. The molecule has 240 valence electrons. The Bertz CT molecular complexity index is 1690. The number of carbonyl (C=O) groups excluding carboxylic acids is 2. The smallest absolute Gasteiger partial charge is 0.274 e. The summed E-state index contributed by atoms with van der Waals surface area (Å²) in [6, 6.07) is 14.5. The lowest BCUT2D eigenvalue weighted by molar-refractivity contribution is -0.119. The van der Waals surface area contributed by atoms with E-state index in [-0.39, 0.29) is 22.7 Å². The number of nitrogens with one attached hydrogen (secondary N) is 4.